The van der Waals surface area contributed by atoms with E-state index in [9.17, 15) is 5.11 Å². The molecule has 3 heteroatoms. The number of morpholine rings is 1. The van der Waals surface area contributed by atoms with Crippen LogP contribution in [0, 0.1) is 0 Å². The first kappa shape index (κ1) is 13.5. The van der Waals surface area contributed by atoms with Crippen LogP contribution in [0.2, 0.25) is 0 Å². The Labute approximate surface area is 109 Å². The molecule has 3 nitrogen and oxygen atoms in total. The lowest BCUT2D eigenvalue weighted by Crippen LogP contribution is -2.50. The third kappa shape index (κ3) is 3.31. The molecule has 1 aliphatic rings. The van der Waals surface area contributed by atoms with E-state index in [1.54, 1.807) is 0 Å². The summed E-state index contributed by atoms with van der Waals surface area (Å²) in [5.41, 5.74) is 0.162. The normalized spacial score (nSPS) is 28.9. The first-order valence-corrected chi connectivity index (χ1v) is 6.63. The summed E-state index contributed by atoms with van der Waals surface area (Å²) in [5.74, 6) is 0. The largest absolute Gasteiger partial charge is 0.384 e. The Morgan fingerprint density at radius 1 is 1.22 bits per heavy atom. The Morgan fingerprint density at radius 3 is 2.33 bits per heavy atom. The lowest BCUT2D eigenvalue weighted by atomic mass is 9.95. The molecule has 0 amide bonds. The Hall–Kier alpha value is -0.900. The SMILES string of the molecule is C[C@@H]1CN(CC(C)(O)c2ccccc2)C[C@H](C)O1. The van der Waals surface area contributed by atoms with Gasteiger partial charge in [0.05, 0.1) is 17.8 Å². The fourth-order valence-electron chi connectivity index (χ4n) is 2.74. The molecule has 1 unspecified atom stereocenters. The molecule has 0 bridgehead atoms. The molecule has 0 aliphatic carbocycles. The Morgan fingerprint density at radius 2 is 1.78 bits per heavy atom. The molecule has 1 aliphatic heterocycles. The highest BCUT2D eigenvalue weighted by Crippen LogP contribution is 2.23. The number of aliphatic hydroxyl groups is 1. The lowest BCUT2D eigenvalue weighted by molar-refractivity contribution is -0.0902. The summed E-state index contributed by atoms with van der Waals surface area (Å²) in [6.45, 7) is 8.46. The maximum atomic E-state index is 10.6. The van der Waals surface area contributed by atoms with Gasteiger partial charge in [0.25, 0.3) is 0 Å². The second-order valence-corrected chi connectivity index (χ2v) is 5.59. The number of hydrogen-bond donors (Lipinski definition) is 1. The lowest BCUT2D eigenvalue weighted by Gasteiger charge is -2.39. The van der Waals surface area contributed by atoms with Crippen molar-refractivity contribution in [1.29, 1.82) is 0 Å². The van der Waals surface area contributed by atoms with Crippen LogP contribution in [0.4, 0.5) is 0 Å². The van der Waals surface area contributed by atoms with Crippen molar-refractivity contribution in [2.75, 3.05) is 19.6 Å². The summed E-state index contributed by atoms with van der Waals surface area (Å²) >= 11 is 0. The second-order valence-electron chi connectivity index (χ2n) is 5.59. The van der Waals surface area contributed by atoms with Crippen molar-refractivity contribution in [2.24, 2.45) is 0 Å². The summed E-state index contributed by atoms with van der Waals surface area (Å²) in [7, 11) is 0. The number of benzene rings is 1. The van der Waals surface area contributed by atoms with E-state index in [4.69, 9.17) is 4.74 Å². The van der Waals surface area contributed by atoms with Gasteiger partial charge in [-0.25, -0.2) is 0 Å². The van der Waals surface area contributed by atoms with Gasteiger partial charge in [-0.15, -0.1) is 0 Å². The van der Waals surface area contributed by atoms with Crippen LogP contribution >= 0.6 is 0 Å². The molecule has 0 saturated carbocycles. The molecule has 1 aromatic rings. The van der Waals surface area contributed by atoms with Crippen molar-refractivity contribution in [1.82, 2.24) is 4.90 Å². The molecule has 0 spiro atoms. The van der Waals surface area contributed by atoms with Crippen molar-refractivity contribution < 1.29 is 9.84 Å². The van der Waals surface area contributed by atoms with Crippen LogP contribution in [0.1, 0.15) is 26.3 Å². The first-order chi connectivity index (χ1) is 8.47. The standard InChI is InChI=1S/C15H23NO2/c1-12-9-16(10-13(2)18-12)11-15(3,17)14-7-5-4-6-8-14/h4-8,12-13,17H,9-11H2,1-3H3/t12-,13+,15?. The number of β-amino-alcohol motifs (C(OH)–C–C–N with tert-alkyl or cyclic N) is 1. The molecule has 2 rings (SSSR count). The van der Waals surface area contributed by atoms with E-state index in [1.807, 2.05) is 37.3 Å². The molecule has 1 N–H and O–H groups in total. The van der Waals surface area contributed by atoms with Crippen molar-refractivity contribution in [3.63, 3.8) is 0 Å². The van der Waals surface area contributed by atoms with Crippen LogP contribution < -0.4 is 0 Å². The van der Waals surface area contributed by atoms with Crippen LogP contribution in [-0.4, -0.2) is 41.8 Å². The summed E-state index contributed by atoms with van der Waals surface area (Å²) < 4.78 is 5.71. The fourth-order valence-corrected chi connectivity index (χ4v) is 2.74. The van der Waals surface area contributed by atoms with Crippen LogP contribution in [-0.2, 0) is 10.3 Å². The van der Waals surface area contributed by atoms with Gasteiger partial charge < -0.3 is 9.84 Å². The molecule has 0 aromatic heterocycles. The third-order valence-corrected chi connectivity index (χ3v) is 3.42. The number of hydrogen-bond acceptors (Lipinski definition) is 3. The number of ether oxygens (including phenoxy) is 1. The summed E-state index contributed by atoms with van der Waals surface area (Å²) in [6, 6.07) is 9.86. The number of nitrogens with zero attached hydrogens (tertiary/aromatic N) is 1. The highest BCUT2D eigenvalue weighted by atomic mass is 16.5. The highest BCUT2D eigenvalue weighted by molar-refractivity contribution is 5.21. The van der Waals surface area contributed by atoms with Crippen molar-refractivity contribution in [2.45, 2.75) is 38.6 Å². The predicted octanol–water partition coefficient (Wildman–Crippen LogP) is 2.00. The van der Waals surface area contributed by atoms with Crippen LogP contribution in [0.5, 0.6) is 0 Å². The minimum Gasteiger partial charge on any atom is -0.384 e. The van der Waals surface area contributed by atoms with E-state index in [-0.39, 0.29) is 12.2 Å². The zero-order valence-corrected chi connectivity index (χ0v) is 11.5. The minimum atomic E-state index is -0.808. The van der Waals surface area contributed by atoms with Gasteiger partial charge in [-0.2, -0.15) is 0 Å². The van der Waals surface area contributed by atoms with Crippen molar-refractivity contribution in [3.05, 3.63) is 35.9 Å². The summed E-state index contributed by atoms with van der Waals surface area (Å²) in [4.78, 5) is 2.28. The summed E-state index contributed by atoms with van der Waals surface area (Å²) in [6.07, 6.45) is 0.473. The molecule has 0 radical (unpaired) electrons. The van der Waals surface area contributed by atoms with E-state index in [0.717, 1.165) is 18.7 Å². The first-order valence-electron chi connectivity index (χ1n) is 6.63. The van der Waals surface area contributed by atoms with E-state index in [1.165, 1.54) is 0 Å². The average molecular weight is 249 g/mol. The highest BCUT2D eigenvalue weighted by Gasteiger charge is 2.30. The quantitative estimate of drug-likeness (QED) is 0.889. The Bertz CT molecular complexity index is 367. The molecule has 1 saturated heterocycles. The summed E-state index contributed by atoms with van der Waals surface area (Å²) in [5, 5.41) is 10.6. The molecular weight excluding hydrogens is 226 g/mol. The van der Waals surface area contributed by atoms with Gasteiger partial charge in [-0.1, -0.05) is 30.3 Å². The average Bonchev–Trinajstić information content (AvgIpc) is 2.28. The minimum absolute atomic E-state index is 0.236. The second kappa shape index (κ2) is 5.39. The van der Waals surface area contributed by atoms with Gasteiger partial charge in [-0.05, 0) is 26.3 Å². The maximum absolute atomic E-state index is 10.6. The number of rotatable bonds is 3. The smallest absolute Gasteiger partial charge is 0.0994 e. The van der Waals surface area contributed by atoms with Crippen molar-refractivity contribution >= 4 is 0 Å². The molecule has 1 aromatic carbocycles. The zero-order chi connectivity index (χ0) is 13.2. The third-order valence-electron chi connectivity index (χ3n) is 3.42. The van der Waals surface area contributed by atoms with Gasteiger partial charge >= 0.3 is 0 Å². The van der Waals surface area contributed by atoms with Gasteiger partial charge in [0.15, 0.2) is 0 Å². The van der Waals surface area contributed by atoms with Crippen LogP contribution in [0.15, 0.2) is 30.3 Å². The van der Waals surface area contributed by atoms with E-state index in [2.05, 4.69) is 18.7 Å². The monoisotopic (exact) mass is 249 g/mol. The fraction of sp³-hybridized carbons (Fsp3) is 0.600. The molecular formula is C15H23NO2. The molecule has 18 heavy (non-hydrogen) atoms. The topological polar surface area (TPSA) is 32.7 Å². The van der Waals surface area contributed by atoms with E-state index < -0.39 is 5.60 Å². The van der Waals surface area contributed by atoms with Crippen molar-refractivity contribution in [3.8, 4) is 0 Å². The van der Waals surface area contributed by atoms with Gasteiger partial charge in [-0.3, -0.25) is 4.90 Å². The molecule has 1 fully saturated rings. The van der Waals surface area contributed by atoms with Gasteiger partial charge in [0.1, 0.15) is 0 Å². The van der Waals surface area contributed by atoms with Crippen LogP contribution in [0.25, 0.3) is 0 Å². The molecule has 3 atom stereocenters. The van der Waals surface area contributed by atoms with Gasteiger partial charge in [0.2, 0.25) is 0 Å². The van der Waals surface area contributed by atoms with Gasteiger partial charge in [0, 0.05) is 19.6 Å². The Kier molecular flexibility index (Phi) is 4.05. The molecule has 1 heterocycles. The van der Waals surface area contributed by atoms with E-state index in [0.29, 0.717) is 6.54 Å². The van der Waals surface area contributed by atoms with Crippen LogP contribution in [0.3, 0.4) is 0 Å². The van der Waals surface area contributed by atoms with E-state index >= 15 is 0 Å². The Balaban J connectivity index is 2.04. The zero-order valence-electron chi connectivity index (χ0n) is 11.5. The maximum Gasteiger partial charge on any atom is 0.0994 e. The predicted molar refractivity (Wildman–Crippen MR) is 72.5 cm³/mol. The molecule has 100 valence electrons.